The minimum absolute atomic E-state index is 0.0185. The van der Waals surface area contributed by atoms with Gasteiger partial charge in [0.1, 0.15) is 0 Å². The summed E-state index contributed by atoms with van der Waals surface area (Å²) in [6.07, 6.45) is 3.36. The van der Waals surface area contributed by atoms with Gasteiger partial charge in [-0.1, -0.05) is 19.1 Å². The lowest BCUT2D eigenvalue weighted by molar-refractivity contribution is -0.144. The zero-order valence-corrected chi connectivity index (χ0v) is 17.0. The van der Waals surface area contributed by atoms with E-state index in [1.807, 2.05) is 19.1 Å². The lowest BCUT2D eigenvalue weighted by Gasteiger charge is -2.20. The van der Waals surface area contributed by atoms with E-state index in [1.165, 1.54) is 33.0 Å². The van der Waals surface area contributed by atoms with Gasteiger partial charge in [0.05, 0.1) is 5.92 Å². The Labute approximate surface area is 165 Å². The van der Waals surface area contributed by atoms with Crippen LogP contribution in [0, 0.1) is 15.4 Å². The lowest BCUT2D eigenvalue weighted by atomic mass is 9.86. The zero-order valence-electron chi connectivity index (χ0n) is 14.9. The third-order valence-electron chi connectivity index (χ3n) is 4.75. The second-order valence-electron chi connectivity index (χ2n) is 6.56. The maximum atomic E-state index is 12.1. The highest BCUT2D eigenvalue weighted by Crippen LogP contribution is 2.22. The number of aryl methyl sites for hydroxylation is 2. The molecular weight excluding hydrogens is 447 g/mol. The lowest BCUT2D eigenvalue weighted by Crippen LogP contribution is -2.37. The largest absolute Gasteiger partial charge is 0.481 e. The fourth-order valence-electron chi connectivity index (χ4n) is 2.96. The number of benzene rings is 1. The van der Waals surface area contributed by atoms with Crippen molar-refractivity contribution in [2.75, 3.05) is 0 Å². The Bertz CT molecular complexity index is 870. The molecule has 0 spiro atoms. The summed E-state index contributed by atoms with van der Waals surface area (Å²) in [5, 5.41) is 9.58. The van der Waals surface area contributed by atoms with Crippen LogP contribution in [0.25, 0.3) is 0 Å². The van der Waals surface area contributed by atoms with Gasteiger partial charge in [0.2, 0.25) is 0 Å². The number of carboxylic acid groups (broad SMARTS) is 1. The van der Waals surface area contributed by atoms with Crippen LogP contribution in [0.3, 0.4) is 0 Å². The van der Waals surface area contributed by atoms with Crippen molar-refractivity contribution in [2.24, 2.45) is 18.9 Å². The van der Waals surface area contributed by atoms with Gasteiger partial charge in [0.25, 0.3) is 5.56 Å². The van der Waals surface area contributed by atoms with Gasteiger partial charge < -0.3 is 9.67 Å². The molecule has 0 saturated heterocycles. The first-order valence-electron chi connectivity index (χ1n) is 8.53. The van der Waals surface area contributed by atoms with E-state index in [9.17, 15) is 19.5 Å². The van der Waals surface area contributed by atoms with Gasteiger partial charge >= 0.3 is 11.7 Å². The molecule has 0 aliphatic carbocycles. The van der Waals surface area contributed by atoms with Gasteiger partial charge in [-0.15, -0.1) is 0 Å². The SMILES string of the molecule is CC(CCc1ccc(I)cc1)C(CCn1ccc(=O)n(C)c1=O)C(=O)O. The fourth-order valence-corrected chi connectivity index (χ4v) is 3.32. The molecular formula is C19H23IN2O4. The van der Waals surface area contributed by atoms with E-state index in [2.05, 4.69) is 34.7 Å². The third kappa shape index (κ3) is 5.30. The second kappa shape index (κ2) is 9.16. The van der Waals surface area contributed by atoms with Crippen molar-refractivity contribution in [2.45, 2.75) is 32.7 Å². The van der Waals surface area contributed by atoms with Gasteiger partial charge in [-0.05, 0) is 65.5 Å². The molecule has 0 aliphatic heterocycles. The summed E-state index contributed by atoms with van der Waals surface area (Å²) in [6.45, 7) is 2.22. The average Bonchev–Trinajstić information content (AvgIpc) is 2.61. The van der Waals surface area contributed by atoms with E-state index in [0.717, 1.165) is 17.4 Å². The standard InChI is InChI=1S/C19H23IN2O4/c1-13(3-4-14-5-7-15(20)8-6-14)16(18(24)25)9-11-22-12-10-17(23)21(2)19(22)26/h5-8,10,12-13,16H,3-4,9,11H2,1-2H3,(H,24,25). The first-order chi connectivity index (χ1) is 12.3. The topological polar surface area (TPSA) is 81.3 Å². The first-order valence-corrected chi connectivity index (χ1v) is 9.61. The third-order valence-corrected chi connectivity index (χ3v) is 5.47. The van der Waals surface area contributed by atoms with Gasteiger partial charge in [0, 0.05) is 29.4 Å². The number of nitrogens with zero attached hydrogens (tertiary/aromatic N) is 2. The summed E-state index contributed by atoms with van der Waals surface area (Å²) in [7, 11) is 1.42. The van der Waals surface area contributed by atoms with E-state index < -0.39 is 17.6 Å². The minimum atomic E-state index is -0.849. The summed E-state index contributed by atoms with van der Waals surface area (Å²) in [5.41, 5.74) is 0.399. The predicted octanol–water partition coefficient (Wildman–Crippen LogP) is 2.51. The molecule has 26 heavy (non-hydrogen) atoms. The molecule has 140 valence electrons. The summed E-state index contributed by atoms with van der Waals surface area (Å²) < 4.78 is 3.59. The highest BCUT2D eigenvalue weighted by molar-refractivity contribution is 14.1. The fraction of sp³-hybridized carbons (Fsp3) is 0.421. The number of rotatable bonds is 8. The molecule has 2 atom stereocenters. The Balaban J connectivity index is 2.00. The summed E-state index contributed by atoms with van der Waals surface area (Å²) in [6, 6.07) is 9.53. The molecule has 0 amide bonds. The van der Waals surface area contributed by atoms with E-state index >= 15 is 0 Å². The van der Waals surface area contributed by atoms with Crippen molar-refractivity contribution in [3.05, 3.63) is 66.5 Å². The van der Waals surface area contributed by atoms with E-state index in [1.54, 1.807) is 0 Å². The second-order valence-corrected chi connectivity index (χ2v) is 7.81. The predicted molar refractivity (Wildman–Crippen MR) is 108 cm³/mol. The molecule has 1 aromatic carbocycles. The highest BCUT2D eigenvalue weighted by Gasteiger charge is 2.24. The Hall–Kier alpha value is -1.90. The van der Waals surface area contributed by atoms with Gasteiger partial charge in [-0.2, -0.15) is 0 Å². The van der Waals surface area contributed by atoms with Crippen LogP contribution in [-0.2, 0) is 24.8 Å². The van der Waals surface area contributed by atoms with Gasteiger partial charge in [-0.3, -0.25) is 14.2 Å². The van der Waals surface area contributed by atoms with Crippen molar-refractivity contribution in [1.82, 2.24) is 9.13 Å². The van der Waals surface area contributed by atoms with Crippen LogP contribution in [0.15, 0.2) is 46.1 Å². The Morgan fingerprint density at radius 3 is 2.42 bits per heavy atom. The van der Waals surface area contributed by atoms with Crippen molar-refractivity contribution in [3.8, 4) is 0 Å². The van der Waals surface area contributed by atoms with E-state index in [4.69, 9.17) is 0 Å². The van der Waals surface area contributed by atoms with Crippen molar-refractivity contribution < 1.29 is 9.90 Å². The van der Waals surface area contributed by atoms with Crippen LogP contribution in [0.4, 0.5) is 0 Å². The number of carbonyl (C=O) groups is 1. The Kier molecular flexibility index (Phi) is 7.19. The monoisotopic (exact) mass is 470 g/mol. The van der Waals surface area contributed by atoms with Crippen LogP contribution in [0.1, 0.15) is 25.3 Å². The van der Waals surface area contributed by atoms with Crippen molar-refractivity contribution in [1.29, 1.82) is 0 Å². The summed E-state index contributed by atoms with van der Waals surface area (Å²) >= 11 is 2.25. The summed E-state index contributed by atoms with van der Waals surface area (Å²) in [4.78, 5) is 35.2. The number of carboxylic acids is 1. The maximum absolute atomic E-state index is 12.1. The first kappa shape index (κ1) is 20.4. The number of halogens is 1. The molecule has 0 saturated carbocycles. The highest BCUT2D eigenvalue weighted by atomic mass is 127. The molecule has 6 nitrogen and oxygen atoms in total. The minimum Gasteiger partial charge on any atom is -0.481 e. The molecule has 2 aromatic rings. The molecule has 1 heterocycles. The Morgan fingerprint density at radius 2 is 1.81 bits per heavy atom. The van der Waals surface area contributed by atoms with E-state index in [0.29, 0.717) is 6.42 Å². The van der Waals surface area contributed by atoms with Gasteiger partial charge in [-0.25, -0.2) is 4.79 Å². The van der Waals surface area contributed by atoms with Crippen LogP contribution < -0.4 is 11.2 Å². The number of hydrogen-bond donors (Lipinski definition) is 1. The van der Waals surface area contributed by atoms with Crippen molar-refractivity contribution in [3.63, 3.8) is 0 Å². The molecule has 2 unspecified atom stereocenters. The molecule has 1 aromatic heterocycles. The van der Waals surface area contributed by atoms with Crippen LogP contribution in [-0.4, -0.2) is 20.2 Å². The molecule has 0 radical (unpaired) electrons. The molecule has 0 fully saturated rings. The molecule has 0 bridgehead atoms. The smallest absolute Gasteiger partial charge is 0.330 e. The van der Waals surface area contributed by atoms with Crippen LogP contribution in [0.5, 0.6) is 0 Å². The normalized spacial score (nSPS) is 13.3. The molecule has 2 rings (SSSR count). The summed E-state index contributed by atoms with van der Waals surface area (Å²) in [5.74, 6) is -1.41. The van der Waals surface area contributed by atoms with Crippen molar-refractivity contribution >= 4 is 28.6 Å². The van der Waals surface area contributed by atoms with Gasteiger partial charge in [0.15, 0.2) is 0 Å². The number of aromatic nitrogens is 2. The zero-order chi connectivity index (χ0) is 19.3. The Morgan fingerprint density at radius 1 is 1.15 bits per heavy atom. The number of aliphatic carboxylic acids is 1. The average molecular weight is 470 g/mol. The maximum Gasteiger partial charge on any atom is 0.330 e. The molecule has 7 heteroatoms. The van der Waals surface area contributed by atoms with Crippen LogP contribution in [0.2, 0.25) is 0 Å². The molecule has 1 N–H and O–H groups in total. The quantitative estimate of drug-likeness (QED) is 0.602. The van der Waals surface area contributed by atoms with Crippen LogP contribution >= 0.6 is 22.6 Å². The molecule has 0 aliphatic rings. The van der Waals surface area contributed by atoms with E-state index in [-0.39, 0.29) is 18.0 Å². The number of hydrogen-bond acceptors (Lipinski definition) is 3.